The molecule has 0 amide bonds. The van der Waals surface area contributed by atoms with E-state index >= 15 is 0 Å². The van der Waals surface area contributed by atoms with Crippen LogP contribution in [0.2, 0.25) is 0 Å². The van der Waals surface area contributed by atoms with E-state index in [0.29, 0.717) is 23.0 Å². The van der Waals surface area contributed by atoms with Crippen LogP contribution in [-0.2, 0) is 38.1 Å². The van der Waals surface area contributed by atoms with E-state index in [9.17, 15) is 19.2 Å². The van der Waals surface area contributed by atoms with Gasteiger partial charge in [0.2, 0.25) is 0 Å². The van der Waals surface area contributed by atoms with Gasteiger partial charge in [0.15, 0.2) is 0 Å². The molecule has 4 unspecified atom stereocenters. The molecule has 43 heavy (non-hydrogen) atoms. The van der Waals surface area contributed by atoms with Crippen LogP contribution in [0.25, 0.3) is 0 Å². The molecule has 0 rings (SSSR count). The quantitative estimate of drug-likeness (QED) is 0.0209. The Morgan fingerprint density at radius 3 is 0.907 bits per heavy atom. The van der Waals surface area contributed by atoms with E-state index in [-0.39, 0.29) is 52.1 Å². The summed E-state index contributed by atoms with van der Waals surface area (Å²) < 4.78 is 18.8. The molecule has 19 heteroatoms. The van der Waals surface area contributed by atoms with Gasteiger partial charge in [-0.2, -0.15) is 11.8 Å². The van der Waals surface area contributed by atoms with Gasteiger partial charge in [0.05, 0.1) is 52.1 Å². The van der Waals surface area contributed by atoms with Crippen molar-refractivity contribution in [1.29, 1.82) is 0 Å². The topological polar surface area (TPSA) is 267 Å². The number of carbonyl (C=O) groups excluding carboxylic acids is 4. The molecule has 0 spiro atoms. The van der Waals surface area contributed by atoms with E-state index < -0.39 is 74.7 Å². The van der Waals surface area contributed by atoms with Crippen molar-refractivity contribution < 1.29 is 79.0 Å². The predicted molar refractivity (Wildman–Crippen MR) is 157 cm³/mol. The van der Waals surface area contributed by atoms with E-state index in [1.165, 1.54) is 33.3 Å². The molecule has 0 saturated heterocycles. The minimum absolute atomic E-state index is 0.140. The van der Waals surface area contributed by atoms with Gasteiger partial charge in [0.1, 0.15) is 50.8 Å². The third-order valence-electron chi connectivity index (χ3n) is 4.35. The molecule has 0 radical (unpaired) electrons. The maximum absolute atomic E-state index is 11.2. The summed E-state index contributed by atoms with van der Waals surface area (Å²) in [6.45, 7) is -2.76. The highest BCUT2D eigenvalue weighted by atomic mass is 33.1. The number of rotatable bonds is 25. The van der Waals surface area contributed by atoms with Crippen LogP contribution in [0.15, 0.2) is 0 Å². The molecule has 0 fully saturated rings. The molecule has 0 aliphatic heterocycles. The van der Waals surface area contributed by atoms with Crippen LogP contribution >= 0.6 is 33.3 Å². The largest absolute Gasteiger partial charge is 0.463 e. The standard InChI is InChI=1S/C12H22O8S2.C12H22O8S/c13-5-9(15)7-19-11(17)1-3-21-22-4-2-12(18)20-8-10(16)6-14;13-5-9(15)7-19-11(17)1-3-21-4-2-12(18)20-8-10(16)6-14/h9-10,13-16H,1-8H2;9-10,13-16H,1-8H2. The zero-order valence-corrected chi connectivity index (χ0v) is 26.1. The highest BCUT2D eigenvalue weighted by Crippen LogP contribution is 2.23. The molecule has 16 nitrogen and oxygen atoms in total. The molecule has 0 aliphatic carbocycles. The van der Waals surface area contributed by atoms with E-state index in [0.717, 1.165) is 0 Å². The average Bonchev–Trinajstić information content (AvgIpc) is 3.01. The summed E-state index contributed by atoms with van der Waals surface area (Å²) in [5, 5.41) is 70.0. The first-order valence-corrected chi connectivity index (χ1v) is 16.7. The van der Waals surface area contributed by atoms with Crippen LogP contribution in [-0.4, -0.2) is 165 Å². The Morgan fingerprint density at radius 2 is 0.674 bits per heavy atom. The van der Waals surface area contributed by atoms with Gasteiger partial charge in [-0.15, -0.1) is 0 Å². The summed E-state index contributed by atoms with van der Waals surface area (Å²) in [6, 6.07) is 0. The second-order valence-electron chi connectivity index (χ2n) is 8.33. The van der Waals surface area contributed by atoms with Gasteiger partial charge in [0, 0.05) is 23.0 Å². The minimum Gasteiger partial charge on any atom is -0.463 e. The van der Waals surface area contributed by atoms with Crippen molar-refractivity contribution in [3.8, 4) is 0 Å². The molecule has 0 aromatic rings. The van der Waals surface area contributed by atoms with E-state index in [1.54, 1.807) is 0 Å². The maximum Gasteiger partial charge on any atom is 0.306 e. The molecular formula is C24H44O16S3. The van der Waals surface area contributed by atoms with Crippen LogP contribution in [0.1, 0.15) is 25.7 Å². The van der Waals surface area contributed by atoms with Crippen molar-refractivity contribution in [2.24, 2.45) is 0 Å². The second-order valence-corrected chi connectivity index (χ2v) is 12.3. The third kappa shape index (κ3) is 31.8. The number of ether oxygens (including phenoxy) is 4. The highest BCUT2D eigenvalue weighted by molar-refractivity contribution is 8.76. The lowest BCUT2D eigenvalue weighted by atomic mass is 10.4. The zero-order chi connectivity index (χ0) is 32.9. The Bertz CT molecular complexity index is 675. The van der Waals surface area contributed by atoms with Crippen molar-refractivity contribution in [2.75, 3.05) is 75.9 Å². The molecular weight excluding hydrogens is 640 g/mol. The van der Waals surface area contributed by atoms with Crippen molar-refractivity contribution >= 4 is 57.2 Å². The lowest BCUT2D eigenvalue weighted by molar-refractivity contribution is -0.147. The Hall–Kier alpha value is -1.39. The van der Waals surface area contributed by atoms with Crippen molar-refractivity contribution in [2.45, 2.75) is 50.1 Å². The normalized spacial score (nSPS) is 13.5. The number of thioether (sulfide) groups is 1. The molecule has 4 atom stereocenters. The van der Waals surface area contributed by atoms with Crippen LogP contribution < -0.4 is 0 Å². The fourth-order valence-electron chi connectivity index (χ4n) is 2.04. The minimum atomic E-state index is -1.06. The number of aliphatic hydroxyl groups is 8. The maximum atomic E-state index is 11.2. The number of aliphatic hydroxyl groups excluding tert-OH is 8. The summed E-state index contributed by atoms with van der Waals surface area (Å²) in [5.41, 5.74) is 0. The summed E-state index contributed by atoms with van der Waals surface area (Å²) in [6.07, 6.45) is -3.62. The smallest absolute Gasteiger partial charge is 0.306 e. The lowest BCUT2D eigenvalue weighted by Crippen LogP contribution is -2.22. The molecule has 0 saturated carbocycles. The van der Waals surface area contributed by atoms with Crippen molar-refractivity contribution in [3.05, 3.63) is 0 Å². The summed E-state index contributed by atoms with van der Waals surface area (Å²) >= 11 is 1.36. The monoisotopic (exact) mass is 684 g/mol. The van der Waals surface area contributed by atoms with E-state index in [4.69, 9.17) is 59.8 Å². The van der Waals surface area contributed by atoms with Gasteiger partial charge < -0.3 is 59.8 Å². The molecule has 0 aromatic carbocycles. The Balaban J connectivity index is 0. The van der Waals surface area contributed by atoms with Gasteiger partial charge in [-0.3, -0.25) is 19.2 Å². The Kier molecular flexibility index (Phi) is 31.2. The second kappa shape index (κ2) is 30.6. The highest BCUT2D eigenvalue weighted by Gasteiger charge is 2.11. The fourth-order valence-corrected chi connectivity index (χ4v) is 4.81. The SMILES string of the molecule is O=C(CCSCCC(=O)OCC(O)CO)OCC(O)CO.O=C(CCSSCCC(=O)OCC(O)CO)OCC(O)CO. The lowest BCUT2D eigenvalue weighted by Gasteiger charge is -2.09. The average molecular weight is 685 g/mol. The summed E-state index contributed by atoms with van der Waals surface area (Å²) in [4.78, 5) is 44.9. The molecule has 254 valence electrons. The van der Waals surface area contributed by atoms with Gasteiger partial charge >= 0.3 is 23.9 Å². The predicted octanol–water partition coefficient (Wildman–Crippen LogP) is -2.77. The molecule has 0 heterocycles. The van der Waals surface area contributed by atoms with Crippen LogP contribution in [0.3, 0.4) is 0 Å². The zero-order valence-electron chi connectivity index (χ0n) is 23.7. The van der Waals surface area contributed by atoms with Gasteiger partial charge in [-0.05, 0) is 0 Å². The number of esters is 4. The first-order valence-electron chi connectivity index (χ1n) is 13.1. The Labute approximate surface area is 261 Å². The number of hydrogen-bond donors (Lipinski definition) is 8. The third-order valence-corrected chi connectivity index (χ3v) is 7.75. The van der Waals surface area contributed by atoms with Crippen molar-refractivity contribution in [1.82, 2.24) is 0 Å². The molecule has 0 aromatic heterocycles. The van der Waals surface area contributed by atoms with E-state index in [2.05, 4.69) is 0 Å². The van der Waals surface area contributed by atoms with Gasteiger partial charge in [-0.25, -0.2) is 0 Å². The van der Waals surface area contributed by atoms with Gasteiger partial charge in [-0.1, -0.05) is 21.6 Å². The molecule has 0 aliphatic rings. The van der Waals surface area contributed by atoms with Gasteiger partial charge in [0.25, 0.3) is 0 Å². The first-order chi connectivity index (χ1) is 20.5. The van der Waals surface area contributed by atoms with Crippen molar-refractivity contribution in [3.63, 3.8) is 0 Å². The number of carbonyl (C=O) groups is 4. The fraction of sp³-hybridized carbons (Fsp3) is 0.833. The summed E-state index contributed by atoms with van der Waals surface area (Å²) in [5.74, 6) is 0.0260. The Morgan fingerprint density at radius 1 is 0.442 bits per heavy atom. The van der Waals surface area contributed by atoms with Crippen LogP contribution in [0.5, 0.6) is 0 Å². The summed E-state index contributed by atoms with van der Waals surface area (Å²) in [7, 11) is 2.80. The molecule has 8 N–H and O–H groups in total. The first kappa shape index (κ1) is 43.7. The van der Waals surface area contributed by atoms with Crippen LogP contribution in [0, 0.1) is 0 Å². The molecule has 0 bridgehead atoms. The van der Waals surface area contributed by atoms with E-state index in [1.807, 2.05) is 0 Å². The number of hydrogen-bond acceptors (Lipinski definition) is 19. The van der Waals surface area contributed by atoms with Crippen LogP contribution in [0.4, 0.5) is 0 Å².